The fraction of sp³-hybridized carbons (Fsp3) is 0.200. The van der Waals surface area contributed by atoms with Crippen molar-refractivity contribution in [3.8, 4) is 0 Å². The molecule has 0 aromatic rings. The molecule has 3 heteroatoms. The van der Waals surface area contributed by atoms with Crippen molar-refractivity contribution < 1.29 is 0 Å². The molecule has 1 aliphatic carbocycles. The maximum absolute atomic E-state index is 5.74. The van der Waals surface area contributed by atoms with Crippen LogP contribution >= 0.6 is 43.4 Å². The highest BCUT2D eigenvalue weighted by atomic mass is 127. The maximum atomic E-state index is 5.74. The van der Waals surface area contributed by atoms with Crippen LogP contribution in [0.3, 0.4) is 0 Å². The molecule has 0 saturated heterocycles. The van der Waals surface area contributed by atoms with Crippen LogP contribution in [0.4, 0.5) is 0 Å². The Labute approximate surface area is 69.7 Å². The molecule has 0 N–H and O–H groups in total. The zero-order valence-corrected chi connectivity index (χ0v) is 8.19. The molecule has 0 aliphatic heterocycles. The van der Waals surface area contributed by atoms with Crippen LogP contribution in [0.15, 0.2) is 20.0 Å². The lowest BCUT2D eigenvalue weighted by molar-refractivity contribution is 1.40. The van der Waals surface area contributed by atoms with E-state index in [4.69, 9.17) is 11.6 Å². The summed E-state index contributed by atoms with van der Waals surface area (Å²) in [7, 11) is 2.65. The van der Waals surface area contributed by atoms with Crippen molar-refractivity contribution in [2.75, 3.05) is 0 Å². The molecular weight excluding hydrogens is 253 g/mol. The lowest BCUT2D eigenvalue weighted by Gasteiger charge is -1.86. The van der Waals surface area contributed by atoms with Gasteiger partial charge in [0.05, 0.1) is 5.03 Å². The second-order valence-electron chi connectivity index (χ2n) is 1.65. The Morgan fingerprint density at radius 2 is 2.38 bits per heavy atom. The first-order valence-electron chi connectivity index (χ1n) is 2.20. The normalized spacial score (nSPS) is 19.6. The number of halogens is 2. The lowest BCUT2D eigenvalue weighted by Crippen LogP contribution is -1.61. The molecule has 0 nitrogen and oxygen atoms in total. The molecule has 0 spiro atoms. The molecule has 1 rings (SSSR count). The maximum Gasteiger partial charge on any atom is 0.0505 e. The van der Waals surface area contributed by atoms with Crippen LogP contribution in [0, 0.1) is 0 Å². The summed E-state index contributed by atoms with van der Waals surface area (Å²) < 4.78 is 1.24. The van der Waals surface area contributed by atoms with Crippen molar-refractivity contribution in [2.45, 2.75) is 6.42 Å². The molecule has 0 aromatic carbocycles. The number of rotatable bonds is 0. The van der Waals surface area contributed by atoms with Gasteiger partial charge in [0.1, 0.15) is 0 Å². The molecule has 0 saturated carbocycles. The summed E-state index contributed by atoms with van der Waals surface area (Å²) in [5.74, 6) is 0. The molecule has 1 aliphatic rings. The van der Waals surface area contributed by atoms with Crippen LogP contribution in [0.25, 0.3) is 0 Å². The first-order chi connectivity index (χ1) is 3.70. The summed E-state index contributed by atoms with van der Waals surface area (Å²) in [4.78, 5) is 0. The summed E-state index contributed by atoms with van der Waals surface area (Å²) in [5, 5.41) is 2.18. The Morgan fingerprint density at radius 1 is 1.75 bits per heavy atom. The molecule has 0 aromatic heterocycles. The smallest absolute Gasteiger partial charge is 0.0505 e. The van der Waals surface area contributed by atoms with E-state index in [1.165, 1.54) is 8.89 Å². The van der Waals surface area contributed by atoms with E-state index in [1.54, 1.807) is 0 Å². The van der Waals surface area contributed by atoms with E-state index in [0.717, 1.165) is 11.5 Å². The van der Waals surface area contributed by atoms with E-state index < -0.39 is 0 Å². The average molecular weight is 258 g/mol. The summed E-state index contributed by atoms with van der Waals surface area (Å²) in [6, 6.07) is 0. The van der Waals surface area contributed by atoms with E-state index in [0.29, 0.717) is 0 Å². The van der Waals surface area contributed by atoms with Gasteiger partial charge in [-0.15, -0.1) is 9.24 Å². The molecule has 8 heavy (non-hydrogen) atoms. The van der Waals surface area contributed by atoms with Crippen molar-refractivity contribution in [3.63, 3.8) is 0 Å². The van der Waals surface area contributed by atoms with Crippen molar-refractivity contribution in [2.24, 2.45) is 0 Å². The van der Waals surface area contributed by atoms with Gasteiger partial charge in [-0.3, -0.25) is 0 Å². The predicted molar refractivity (Wildman–Crippen MR) is 49.3 cm³/mol. The third kappa shape index (κ3) is 1.46. The van der Waals surface area contributed by atoms with Gasteiger partial charge in [0.2, 0.25) is 0 Å². The zero-order valence-electron chi connectivity index (χ0n) is 4.12. The molecule has 1 unspecified atom stereocenters. The highest BCUT2D eigenvalue weighted by molar-refractivity contribution is 14.1. The van der Waals surface area contributed by atoms with Gasteiger partial charge in [-0.25, -0.2) is 0 Å². The minimum atomic E-state index is 0.899. The summed E-state index contributed by atoms with van der Waals surface area (Å²) in [6.45, 7) is 0. The van der Waals surface area contributed by atoms with Crippen LogP contribution in [0.1, 0.15) is 6.42 Å². The van der Waals surface area contributed by atoms with Gasteiger partial charge >= 0.3 is 0 Å². The van der Waals surface area contributed by atoms with Crippen LogP contribution < -0.4 is 0 Å². The minimum absolute atomic E-state index is 0.899. The Hall–Kier alpha value is 0.930. The quantitative estimate of drug-likeness (QED) is 0.463. The van der Waals surface area contributed by atoms with E-state index in [2.05, 4.69) is 31.8 Å². The minimum Gasteiger partial charge on any atom is -0.110 e. The lowest BCUT2D eigenvalue weighted by atomic mass is 10.5. The topological polar surface area (TPSA) is 0 Å². The van der Waals surface area contributed by atoms with Crippen molar-refractivity contribution >= 4 is 43.4 Å². The standard InChI is InChI=1S/C5H5ClIP/c6-4-1-3(8)2-5(4)7/h1H,2,8H2. The summed E-state index contributed by atoms with van der Waals surface area (Å²) in [6.07, 6.45) is 3.00. The highest BCUT2D eigenvalue weighted by Gasteiger charge is 2.06. The predicted octanol–water partition coefficient (Wildman–Crippen LogP) is 3.03. The molecule has 0 fully saturated rings. The average Bonchev–Trinajstić information content (AvgIpc) is 1.85. The third-order valence-corrected chi connectivity index (χ3v) is 2.92. The number of allylic oxidation sites excluding steroid dienone is 4. The second-order valence-corrected chi connectivity index (χ2v) is 4.10. The Bertz CT molecular complexity index is 171. The van der Waals surface area contributed by atoms with Gasteiger partial charge < -0.3 is 0 Å². The molecule has 0 bridgehead atoms. The Kier molecular flexibility index (Phi) is 2.36. The molecule has 0 radical (unpaired) electrons. The van der Waals surface area contributed by atoms with Crippen LogP contribution in [0.2, 0.25) is 0 Å². The van der Waals surface area contributed by atoms with Crippen molar-refractivity contribution in [1.82, 2.24) is 0 Å². The van der Waals surface area contributed by atoms with E-state index in [1.807, 2.05) is 6.08 Å². The molecule has 1 atom stereocenters. The SMILES string of the molecule is PC1=CC(Cl)=C(I)C1. The first kappa shape index (κ1) is 7.04. The first-order valence-corrected chi connectivity index (χ1v) is 4.24. The third-order valence-electron chi connectivity index (χ3n) is 0.931. The van der Waals surface area contributed by atoms with Crippen LogP contribution in [0.5, 0.6) is 0 Å². The fourth-order valence-electron chi connectivity index (χ4n) is 0.556. The van der Waals surface area contributed by atoms with Gasteiger partial charge in [0, 0.05) is 10.0 Å². The summed E-state index contributed by atoms with van der Waals surface area (Å²) in [5.41, 5.74) is 0. The Balaban J connectivity index is 2.79. The molecule has 0 heterocycles. The van der Waals surface area contributed by atoms with Crippen LogP contribution in [-0.2, 0) is 0 Å². The van der Waals surface area contributed by atoms with Gasteiger partial charge in [-0.05, 0) is 34.0 Å². The van der Waals surface area contributed by atoms with Gasteiger partial charge in [-0.2, -0.15) is 0 Å². The number of hydrogen-bond acceptors (Lipinski definition) is 0. The zero-order chi connectivity index (χ0) is 6.15. The highest BCUT2D eigenvalue weighted by Crippen LogP contribution is 2.34. The Morgan fingerprint density at radius 3 is 2.50 bits per heavy atom. The fourth-order valence-corrected chi connectivity index (χ4v) is 2.25. The van der Waals surface area contributed by atoms with Crippen molar-refractivity contribution in [1.29, 1.82) is 0 Å². The largest absolute Gasteiger partial charge is 0.110 e. The summed E-state index contributed by atoms with van der Waals surface area (Å²) >= 11 is 8.00. The molecular formula is C5H5ClIP. The number of hydrogen-bond donors (Lipinski definition) is 0. The molecule has 44 valence electrons. The second kappa shape index (κ2) is 2.68. The van der Waals surface area contributed by atoms with E-state index in [9.17, 15) is 0 Å². The van der Waals surface area contributed by atoms with E-state index in [-0.39, 0.29) is 0 Å². The van der Waals surface area contributed by atoms with Gasteiger partial charge in [0.25, 0.3) is 0 Å². The molecule has 0 amide bonds. The van der Waals surface area contributed by atoms with Gasteiger partial charge in [-0.1, -0.05) is 11.6 Å². The monoisotopic (exact) mass is 258 g/mol. The van der Waals surface area contributed by atoms with E-state index >= 15 is 0 Å². The van der Waals surface area contributed by atoms with Crippen LogP contribution in [-0.4, -0.2) is 0 Å². The van der Waals surface area contributed by atoms with Crippen molar-refractivity contribution in [3.05, 3.63) is 20.0 Å². The van der Waals surface area contributed by atoms with Gasteiger partial charge in [0.15, 0.2) is 0 Å².